The van der Waals surface area contributed by atoms with Crippen LogP contribution in [0.5, 0.6) is 11.5 Å². The Hall–Kier alpha value is -2.35. The normalized spacial score (nSPS) is 9.95. The number of benzene rings is 1. The van der Waals surface area contributed by atoms with Crippen molar-refractivity contribution in [2.75, 3.05) is 20.8 Å². The molecule has 8 nitrogen and oxygen atoms in total. The number of methoxy groups -OCH3 is 1. The number of rotatable bonds is 7. The second-order valence-corrected chi connectivity index (χ2v) is 3.82. The predicted octanol–water partition coefficient (Wildman–Crippen LogP) is 0.611. The molecule has 0 bridgehead atoms. The zero-order valence-electron chi connectivity index (χ0n) is 11.2. The molecule has 1 aromatic rings. The molecule has 1 rings (SSSR count). The van der Waals surface area contributed by atoms with Crippen LogP contribution in [0, 0.1) is 10.1 Å². The van der Waals surface area contributed by atoms with Gasteiger partial charge in [0.2, 0.25) is 5.91 Å². The summed E-state index contributed by atoms with van der Waals surface area (Å²) >= 11 is 0. The summed E-state index contributed by atoms with van der Waals surface area (Å²) in [5.41, 5.74) is -0.131. The smallest absolute Gasteiger partial charge is 0.278 e. The van der Waals surface area contributed by atoms with E-state index in [1.165, 1.54) is 26.3 Å². The third-order valence-electron chi connectivity index (χ3n) is 2.60. The number of aliphatic hydroxyl groups excluding tert-OH is 1. The Balaban J connectivity index is 2.96. The first-order valence-corrected chi connectivity index (χ1v) is 5.83. The maximum atomic E-state index is 11.1. The molecular formula is C12H16N2O6. The van der Waals surface area contributed by atoms with Crippen LogP contribution < -0.4 is 14.8 Å². The van der Waals surface area contributed by atoms with Gasteiger partial charge in [0.15, 0.2) is 11.5 Å². The highest BCUT2D eigenvalue weighted by Gasteiger charge is 2.19. The van der Waals surface area contributed by atoms with Gasteiger partial charge in [-0.2, -0.15) is 0 Å². The number of nitro benzene ring substituents is 1. The maximum Gasteiger partial charge on any atom is 0.278 e. The van der Waals surface area contributed by atoms with Crippen molar-refractivity contribution in [3.63, 3.8) is 0 Å². The summed E-state index contributed by atoms with van der Waals surface area (Å²) < 4.78 is 10.4. The number of nitrogens with zero attached hydrogens (tertiary/aromatic N) is 1. The van der Waals surface area contributed by atoms with Crippen LogP contribution in [0.4, 0.5) is 5.69 Å². The first kappa shape index (κ1) is 15.7. The van der Waals surface area contributed by atoms with Crippen molar-refractivity contribution in [1.29, 1.82) is 0 Å². The first-order chi connectivity index (χ1) is 9.53. The minimum atomic E-state index is -0.614. The van der Waals surface area contributed by atoms with Gasteiger partial charge in [-0.1, -0.05) is 0 Å². The number of hydrogen-bond acceptors (Lipinski definition) is 6. The van der Waals surface area contributed by atoms with E-state index in [1.807, 2.05) is 0 Å². The molecular weight excluding hydrogens is 268 g/mol. The molecule has 0 aliphatic rings. The van der Waals surface area contributed by atoms with Gasteiger partial charge in [0, 0.05) is 7.05 Å². The van der Waals surface area contributed by atoms with E-state index in [2.05, 4.69) is 5.32 Å². The number of aliphatic hydroxyl groups is 1. The topological polar surface area (TPSA) is 111 Å². The first-order valence-electron chi connectivity index (χ1n) is 5.83. The van der Waals surface area contributed by atoms with Gasteiger partial charge in [0.1, 0.15) is 0 Å². The summed E-state index contributed by atoms with van der Waals surface area (Å²) in [6, 6.07) is 2.52. The Bertz CT molecular complexity index is 503. The summed E-state index contributed by atoms with van der Waals surface area (Å²) in [4.78, 5) is 21.3. The molecule has 0 aliphatic heterocycles. The number of hydrogen-bond donors (Lipinski definition) is 2. The third-order valence-corrected chi connectivity index (χ3v) is 2.60. The second kappa shape index (κ2) is 7.29. The number of ether oxygens (including phenoxy) is 2. The number of nitrogens with one attached hydrogen (secondary N) is 1. The van der Waals surface area contributed by atoms with Gasteiger partial charge in [-0.25, -0.2) is 0 Å². The second-order valence-electron chi connectivity index (χ2n) is 3.82. The van der Waals surface area contributed by atoms with Gasteiger partial charge in [-0.05, 0) is 6.07 Å². The largest absolute Gasteiger partial charge is 0.493 e. The van der Waals surface area contributed by atoms with Crippen molar-refractivity contribution in [3.05, 3.63) is 27.8 Å². The van der Waals surface area contributed by atoms with E-state index in [9.17, 15) is 14.9 Å². The molecule has 1 aromatic carbocycles. The summed E-state index contributed by atoms with van der Waals surface area (Å²) in [6.07, 6.45) is 0.120. The highest BCUT2D eigenvalue weighted by molar-refractivity contribution is 5.75. The van der Waals surface area contributed by atoms with E-state index in [4.69, 9.17) is 14.6 Å². The molecule has 0 atom stereocenters. The Morgan fingerprint density at radius 2 is 2.15 bits per heavy atom. The minimum Gasteiger partial charge on any atom is -0.493 e. The lowest BCUT2D eigenvalue weighted by Gasteiger charge is -2.11. The molecule has 0 radical (unpaired) electrons. The highest BCUT2D eigenvalue weighted by atomic mass is 16.6. The molecule has 0 unspecified atom stereocenters. The number of nitro groups is 1. The SMILES string of the molecule is CNC(=O)CCOc1cc([N+](=O)[O-])c(CO)cc1OC. The lowest BCUT2D eigenvalue weighted by molar-refractivity contribution is -0.385. The van der Waals surface area contributed by atoms with E-state index in [0.717, 1.165) is 0 Å². The van der Waals surface area contributed by atoms with Crippen molar-refractivity contribution in [3.8, 4) is 11.5 Å². The lowest BCUT2D eigenvalue weighted by atomic mass is 10.1. The Morgan fingerprint density at radius 3 is 2.65 bits per heavy atom. The number of amides is 1. The highest BCUT2D eigenvalue weighted by Crippen LogP contribution is 2.34. The average molecular weight is 284 g/mol. The molecule has 0 saturated heterocycles. The zero-order valence-corrected chi connectivity index (χ0v) is 11.2. The molecule has 0 aliphatic carbocycles. The zero-order chi connectivity index (χ0) is 15.1. The molecule has 110 valence electrons. The van der Waals surface area contributed by atoms with E-state index < -0.39 is 11.5 Å². The Kier molecular flexibility index (Phi) is 5.73. The van der Waals surface area contributed by atoms with E-state index in [-0.39, 0.29) is 41.7 Å². The molecule has 20 heavy (non-hydrogen) atoms. The third kappa shape index (κ3) is 3.82. The Morgan fingerprint density at radius 1 is 1.45 bits per heavy atom. The molecule has 0 aromatic heterocycles. The fraction of sp³-hybridized carbons (Fsp3) is 0.417. The summed E-state index contributed by atoms with van der Waals surface area (Å²) in [6.45, 7) is -0.420. The maximum absolute atomic E-state index is 11.1. The molecule has 0 saturated carbocycles. The standard InChI is InChI=1S/C12H16N2O6/c1-13-12(16)3-4-20-11-6-9(14(17)18)8(7-15)5-10(11)19-2/h5-6,15H,3-4,7H2,1-2H3,(H,13,16). The van der Waals surface area contributed by atoms with Crippen LogP contribution in [0.2, 0.25) is 0 Å². The van der Waals surface area contributed by atoms with Crippen molar-refractivity contribution < 1.29 is 24.3 Å². The van der Waals surface area contributed by atoms with Crippen LogP contribution in [0.1, 0.15) is 12.0 Å². The van der Waals surface area contributed by atoms with Crippen LogP contribution in [-0.4, -0.2) is 36.7 Å². The average Bonchev–Trinajstić information content (AvgIpc) is 2.46. The molecule has 0 heterocycles. The Labute approximate surface area is 115 Å². The van der Waals surface area contributed by atoms with Crippen molar-refractivity contribution in [1.82, 2.24) is 5.32 Å². The monoisotopic (exact) mass is 284 g/mol. The van der Waals surface area contributed by atoms with E-state index in [1.54, 1.807) is 0 Å². The number of carbonyl (C=O) groups excluding carboxylic acids is 1. The predicted molar refractivity (Wildman–Crippen MR) is 69.7 cm³/mol. The van der Waals surface area contributed by atoms with Crippen LogP contribution in [0.3, 0.4) is 0 Å². The van der Waals surface area contributed by atoms with E-state index >= 15 is 0 Å². The molecule has 0 fully saturated rings. The fourth-order valence-corrected chi connectivity index (χ4v) is 1.54. The molecule has 0 spiro atoms. The summed E-state index contributed by atoms with van der Waals surface area (Å²) in [5, 5.41) is 22.4. The lowest BCUT2D eigenvalue weighted by Crippen LogP contribution is -2.20. The quantitative estimate of drug-likeness (QED) is 0.560. The van der Waals surface area contributed by atoms with Gasteiger partial charge >= 0.3 is 0 Å². The molecule has 8 heteroatoms. The molecule has 1 amide bonds. The summed E-state index contributed by atoms with van der Waals surface area (Å²) in [7, 11) is 2.89. The van der Waals surface area contributed by atoms with Gasteiger partial charge in [0.25, 0.3) is 5.69 Å². The van der Waals surface area contributed by atoms with Crippen LogP contribution in [0.15, 0.2) is 12.1 Å². The van der Waals surface area contributed by atoms with Crippen LogP contribution in [-0.2, 0) is 11.4 Å². The minimum absolute atomic E-state index is 0.0612. The molecule has 2 N–H and O–H groups in total. The van der Waals surface area contributed by atoms with Crippen LogP contribution in [0.25, 0.3) is 0 Å². The number of carbonyl (C=O) groups is 1. The van der Waals surface area contributed by atoms with Gasteiger partial charge in [-0.3, -0.25) is 14.9 Å². The van der Waals surface area contributed by atoms with Crippen molar-refractivity contribution in [2.24, 2.45) is 0 Å². The van der Waals surface area contributed by atoms with Gasteiger partial charge in [0.05, 0.1) is 43.3 Å². The van der Waals surface area contributed by atoms with Gasteiger partial charge in [-0.15, -0.1) is 0 Å². The fourth-order valence-electron chi connectivity index (χ4n) is 1.54. The van der Waals surface area contributed by atoms with Crippen molar-refractivity contribution in [2.45, 2.75) is 13.0 Å². The van der Waals surface area contributed by atoms with Crippen LogP contribution >= 0.6 is 0 Å². The van der Waals surface area contributed by atoms with E-state index in [0.29, 0.717) is 0 Å². The van der Waals surface area contributed by atoms with Gasteiger partial charge < -0.3 is 19.9 Å². The summed E-state index contributed by atoms with van der Waals surface area (Å²) in [5.74, 6) is 0.210. The van der Waals surface area contributed by atoms with Crippen molar-refractivity contribution >= 4 is 11.6 Å².